The summed E-state index contributed by atoms with van der Waals surface area (Å²) in [7, 11) is 0. The Morgan fingerprint density at radius 1 is 1.12 bits per heavy atom. The predicted molar refractivity (Wildman–Crippen MR) is 114 cm³/mol. The number of alkyl halides is 3. The van der Waals surface area contributed by atoms with Crippen molar-refractivity contribution < 1.29 is 18.0 Å². The second-order valence-corrected chi connectivity index (χ2v) is 6.80. The lowest BCUT2D eigenvalue weighted by molar-refractivity contribution is -0.137. The standard InChI is InChI=1S/C21H17F3N7O/c1-2-12-10-31-18(19(25)27-11-28-31)17(12)13-3-5-15(6-4-13)29-20(32)30-16-9-14(7-8-26-16)21(22,23)24/h3-11H,1-2H2,(H2,25,27,28)(H2,26,29,30,32). The molecule has 0 aliphatic heterocycles. The first-order valence-corrected chi connectivity index (χ1v) is 9.38. The lowest BCUT2D eigenvalue weighted by Gasteiger charge is -2.11. The maximum absolute atomic E-state index is 12.8. The van der Waals surface area contributed by atoms with Crippen molar-refractivity contribution in [1.82, 2.24) is 19.6 Å². The van der Waals surface area contributed by atoms with Crippen molar-refractivity contribution in [3.63, 3.8) is 0 Å². The van der Waals surface area contributed by atoms with Crippen LogP contribution in [0.15, 0.2) is 55.1 Å². The van der Waals surface area contributed by atoms with Gasteiger partial charge in [-0.3, -0.25) is 5.32 Å². The molecule has 4 rings (SSSR count). The molecule has 32 heavy (non-hydrogen) atoms. The molecular weight excluding hydrogens is 423 g/mol. The van der Waals surface area contributed by atoms with Gasteiger partial charge in [0.25, 0.3) is 0 Å². The van der Waals surface area contributed by atoms with Gasteiger partial charge in [0.05, 0.1) is 5.56 Å². The van der Waals surface area contributed by atoms with Gasteiger partial charge in [-0.1, -0.05) is 12.1 Å². The van der Waals surface area contributed by atoms with Crippen LogP contribution < -0.4 is 16.4 Å². The summed E-state index contributed by atoms with van der Waals surface area (Å²) in [5.74, 6) is 0.106. The number of nitrogen functional groups attached to an aromatic ring is 1. The molecule has 3 heterocycles. The zero-order valence-corrected chi connectivity index (χ0v) is 16.5. The van der Waals surface area contributed by atoms with Crippen LogP contribution >= 0.6 is 0 Å². The molecule has 0 unspecified atom stereocenters. The Morgan fingerprint density at radius 3 is 2.56 bits per heavy atom. The summed E-state index contributed by atoms with van der Waals surface area (Å²) in [6.07, 6.45) is 0.146. The molecule has 1 aromatic carbocycles. The van der Waals surface area contributed by atoms with Crippen LogP contribution in [-0.4, -0.2) is 25.6 Å². The average Bonchev–Trinajstić information content (AvgIpc) is 3.14. The molecule has 4 aromatic rings. The molecule has 0 fully saturated rings. The SMILES string of the molecule is [CH2]Cc1cn2ncnc(N)c2c1-c1ccc(NC(=O)Nc2cc(C(F)(F)F)ccn2)cc1. The summed E-state index contributed by atoms with van der Waals surface area (Å²) in [4.78, 5) is 20.0. The van der Waals surface area contributed by atoms with Crippen LogP contribution in [0, 0.1) is 6.92 Å². The van der Waals surface area contributed by atoms with E-state index in [1.807, 2.05) is 6.20 Å². The summed E-state index contributed by atoms with van der Waals surface area (Å²) in [6, 6.07) is 7.72. The third-order valence-electron chi connectivity index (χ3n) is 4.71. The van der Waals surface area contributed by atoms with Crippen LogP contribution in [0.5, 0.6) is 0 Å². The highest BCUT2D eigenvalue weighted by Crippen LogP contribution is 2.33. The Bertz CT molecular complexity index is 1280. The lowest BCUT2D eigenvalue weighted by atomic mass is 10.0. The highest BCUT2D eigenvalue weighted by Gasteiger charge is 2.30. The molecule has 0 bridgehead atoms. The number of carbonyl (C=O) groups excluding carboxylic acids is 1. The lowest BCUT2D eigenvalue weighted by Crippen LogP contribution is -2.20. The Hall–Kier alpha value is -4.15. The van der Waals surface area contributed by atoms with E-state index >= 15 is 0 Å². The summed E-state index contributed by atoms with van der Waals surface area (Å²) in [5.41, 5.74) is 8.79. The number of fused-ring (bicyclic) bond motifs is 1. The molecule has 0 saturated carbocycles. The molecule has 2 amide bonds. The molecule has 0 aliphatic carbocycles. The molecule has 0 atom stereocenters. The number of nitrogens with zero attached hydrogens (tertiary/aromatic N) is 4. The summed E-state index contributed by atoms with van der Waals surface area (Å²) >= 11 is 0. The van der Waals surface area contributed by atoms with Crippen molar-refractivity contribution in [1.29, 1.82) is 0 Å². The summed E-state index contributed by atoms with van der Waals surface area (Å²) < 4.78 is 40.1. The minimum absolute atomic E-state index is 0.218. The number of aromatic nitrogens is 4. The summed E-state index contributed by atoms with van der Waals surface area (Å²) in [5, 5.41) is 9.02. The number of urea groups is 1. The quantitative estimate of drug-likeness (QED) is 0.435. The number of hydrogen-bond acceptors (Lipinski definition) is 5. The number of anilines is 3. The molecule has 1 radical (unpaired) electrons. The van der Waals surface area contributed by atoms with Crippen LogP contribution in [0.1, 0.15) is 11.1 Å². The zero-order valence-electron chi connectivity index (χ0n) is 16.5. The second-order valence-electron chi connectivity index (χ2n) is 6.80. The first-order valence-electron chi connectivity index (χ1n) is 9.38. The van der Waals surface area contributed by atoms with Gasteiger partial charge in [-0.2, -0.15) is 18.3 Å². The van der Waals surface area contributed by atoms with Crippen LogP contribution in [0.2, 0.25) is 0 Å². The fourth-order valence-electron chi connectivity index (χ4n) is 3.27. The fraction of sp³-hybridized carbons (Fsp3) is 0.0952. The molecule has 0 aliphatic rings. The third kappa shape index (κ3) is 4.17. The Morgan fingerprint density at radius 2 is 1.88 bits per heavy atom. The number of amides is 2. The van der Waals surface area contributed by atoms with Crippen LogP contribution in [0.25, 0.3) is 16.6 Å². The topological polar surface area (TPSA) is 110 Å². The third-order valence-corrected chi connectivity index (χ3v) is 4.71. The van der Waals surface area contributed by atoms with E-state index in [2.05, 4.69) is 32.6 Å². The van der Waals surface area contributed by atoms with Gasteiger partial charge >= 0.3 is 12.2 Å². The number of carbonyl (C=O) groups is 1. The second kappa shape index (κ2) is 8.17. The summed E-state index contributed by atoms with van der Waals surface area (Å²) in [6.45, 7) is 3.94. The van der Waals surface area contributed by atoms with Crippen molar-refractivity contribution in [3.05, 3.63) is 73.2 Å². The molecular formula is C21H17F3N7O. The van der Waals surface area contributed by atoms with Gasteiger partial charge in [0.2, 0.25) is 0 Å². The van der Waals surface area contributed by atoms with E-state index in [0.29, 0.717) is 23.4 Å². The van der Waals surface area contributed by atoms with Gasteiger partial charge < -0.3 is 11.1 Å². The van der Waals surface area contributed by atoms with E-state index < -0.39 is 17.8 Å². The zero-order chi connectivity index (χ0) is 22.9. The molecule has 11 heteroatoms. The first kappa shape index (κ1) is 21.1. The van der Waals surface area contributed by atoms with E-state index in [0.717, 1.165) is 35.0 Å². The highest BCUT2D eigenvalue weighted by molar-refractivity contribution is 5.99. The van der Waals surface area contributed by atoms with Gasteiger partial charge in [-0.05, 0) is 48.7 Å². The van der Waals surface area contributed by atoms with Crippen LogP contribution in [-0.2, 0) is 12.6 Å². The monoisotopic (exact) mass is 440 g/mol. The van der Waals surface area contributed by atoms with Gasteiger partial charge in [0, 0.05) is 23.6 Å². The normalized spacial score (nSPS) is 11.5. The molecule has 0 spiro atoms. The van der Waals surface area contributed by atoms with E-state index in [1.54, 1.807) is 28.8 Å². The average molecular weight is 440 g/mol. The largest absolute Gasteiger partial charge is 0.416 e. The van der Waals surface area contributed by atoms with Crippen LogP contribution in [0.4, 0.5) is 35.3 Å². The van der Waals surface area contributed by atoms with E-state index in [4.69, 9.17) is 5.73 Å². The Labute approximate surface area is 180 Å². The maximum atomic E-state index is 12.8. The van der Waals surface area contributed by atoms with E-state index in [1.165, 1.54) is 6.33 Å². The van der Waals surface area contributed by atoms with E-state index in [9.17, 15) is 18.0 Å². The van der Waals surface area contributed by atoms with Crippen molar-refractivity contribution in [2.24, 2.45) is 0 Å². The fourth-order valence-corrected chi connectivity index (χ4v) is 3.27. The number of rotatable bonds is 4. The molecule has 3 aromatic heterocycles. The minimum atomic E-state index is -4.53. The molecule has 4 N–H and O–H groups in total. The number of hydrogen-bond donors (Lipinski definition) is 3. The van der Waals surface area contributed by atoms with Crippen molar-refractivity contribution in [2.75, 3.05) is 16.4 Å². The van der Waals surface area contributed by atoms with Gasteiger partial charge in [0.1, 0.15) is 17.7 Å². The Kier molecular flexibility index (Phi) is 5.39. The molecule has 0 saturated heterocycles. The number of nitrogens with one attached hydrogen (secondary N) is 2. The van der Waals surface area contributed by atoms with Gasteiger partial charge in [-0.25, -0.2) is 19.3 Å². The first-order chi connectivity index (χ1) is 15.3. The minimum Gasteiger partial charge on any atom is -0.382 e. The van der Waals surface area contributed by atoms with Crippen molar-refractivity contribution in [3.8, 4) is 11.1 Å². The number of benzene rings is 1. The van der Waals surface area contributed by atoms with Crippen LogP contribution in [0.3, 0.4) is 0 Å². The Balaban J connectivity index is 1.53. The van der Waals surface area contributed by atoms with Gasteiger partial charge in [0.15, 0.2) is 5.82 Å². The van der Waals surface area contributed by atoms with E-state index in [-0.39, 0.29) is 5.82 Å². The maximum Gasteiger partial charge on any atom is 0.416 e. The highest BCUT2D eigenvalue weighted by atomic mass is 19.4. The van der Waals surface area contributed by atoms with Gasteiger partial charge in [-0.15, -0.1) is 0 Å². The van der Waals surface area contributed by atoms with Crippen molar-refractivity contribution in [2.45, 2.75) is 12.6 Å². The predicted octanol–water partition coefficient (Wildman–Crippen LogP) is 4.41. The molecule has 163 valence electrons. The smallest absolute Gasteiger partial charge is 0.382 e. The number of pyridine rings is 1. The number of nitrogens with two attached hydrogens (primary N) is 1. The van der Waals surface area contributed by atoms with Crippen molar-refractivity contribution >= 4 is 28.9 Å². The molecule has 8 nitrogen and oxygen atoms in total. The number of halogens is 3.